The van der Waals surface area contributed by atoms with Crippen molar-refractivity contribution in [3.8, 4) is 0 Å². The van der Waals surface area contributed by atoms with E-state index in [-0.39, 0.29) is 5.91 Å². The first kappa shape index (κ1) is 11.0. The molecule has 0 fully saturated rings. The molecule has 0 aliphatic rings. The number of aryl methyl sites for hydroxylation is 1. The Labute approximate surface area is 88.0 Å². The van der Waals surface area contributed by atoms with Crippen LogP contribution in [0.2, 0.25) is 5.02 Å². The molecule has 0 radical (unpaired) electrons. The van der Waals surface area contributed by atoms with Crippen molar-refractivity contribution >= 4 is 17.5 Å². The lowest BCUT2D eigenvalue weighted by Gasteiger charge is -2.06. The summed E-state index contributed by atoms with van der Waals surface area (Å²) < 4.78 is 0. The third kappa shape index (κ3) is 2.47. The fourth-order valence-electron chi connectivity index (χ4n) is 1.02. The van der Waals surface area contributed by atoms with Gasteiger partial charge >= 0.3 is 0 Å². The van der Waals surface area contributed by atoms with Crippen molar-refractivity contribution in [2.24, 2.45) is 0 Å². The maximum absolute atomic E-state index is 11.5. The number of carbonyl (C=O) groups is 1. The lowest BCUT2D eigenvalue weighted by atomic mass is 10.1. The molecule has 0 aromatic heterocycles. The van der Waals surface area contributed by atoms with Crippen molar-refractivity contribution in [1.82, 2.24) is 5.48 Å². The zero-order valence-electron chi connectivity index (χ0n) is 8.13. The number of carbonyl (C=O) groups excluding carboxylic acids is 1. The monoisotopic (exact) mass is 213 g/mol. The van der Waals surface area contributed by atoms with E-state index in [4.69, 9.17) is 16.4 Å². The van der Waals surface area contributed by atoms with Crippen LogP contribution in [0.3, 0.4) is 0 Å². The zero-order valence-corrected chi connectivity index (χ0v) is 8.89. The van der Waals surface area contributed by atoms with Gasteiger partial charge < -0.3 is 0 Å². The van der Waals surface area contributed by atoms with Gasteiger partial charge in [-0.15, -0.1) is 0 Å². The van der Waals surface area contributed by atoms with Crippen molar-refractivity contribution < 1.29 is 9.63 Å². The van der Waals surface area contributed by atoms with Crippen molar-refractivity contribution in [1.29, 1.82) is 0 Å². The first-order chi connectivity index (χ1) is 6.66. The summed E-state index contributed by atoms with van der Waals surface area (Å²) in [5.41, 5.74) is 3.60. The number of nitrogens with one attached hydrogen (secondary N) is 1. The largest absolute Gasteiger partial charge is 0.276 e. The van der Waals surface area contributed by atoms with E-state index in [1.165, 1.54) is 0 Å². The molecular formula is C10H12ClNO2. The van der Waals surface area contributed by atoms with Gasteiger partial charge in [0, 0.05) is 0 Å². The molecule has 0 spiro atoms. The summed E-state index contributed by atoms with van der Waals surface area (Å²) in [4.78, 5) is 16.2. The minimum atomic E-state index is -0.319. The Morgan fingerprint density at radius 2 is 2.29 bits per heavy atom. The molecule has 0 unspecified atom stereocenters. The highest BCUT2D eigenvalue weighted by Gasteiger charge is 2.10. The smallest absolute Gasteiger partial charge is 0.274 e. The molecule has 0 saturated heterocycles. The van der Waals surface area contributed by atoms with E-state index in [0.717, 1.165) is 5.56 Å². The maximum Gasteiger partial charge on any atom is 0.276 e. The van der Waals surface area contributed by atoms with E-state index >= 15 is 0 Å². The summed E-state index contributed by atoms with van der Waals surface area (Å²) in [7, 11) is 0. The highest BCUT2D eigenvalue weighted by atomic mass is 35.5. The maximum atomic E-state index is 11.5. The molecule has 1 aromatic rings. The van der Waals surface area contributed by atoms with Crippen molar-refractivity contribution in [2.75, 3.05) is 6.61 Å². The number of hydrogen-bond donors (Lipinski definition) is 1. The van der Waals surface area contributed by atoms with Crippen LogP contribution in [0.25, 0.3) is 0 Å². The van der Waals surface area contributed by atoms with E-state index in [9.17, 15) is 4.79 Å². The summed E-state index contributed by atoms with van der Waals surface area (Å²) in [5.74, 6) is -0.319. The number of amides is 1. The summed E-state index contributed by atoms with van der Waals surface area (Å²) in [6, 6.07) is 5.28. The van der Waals surface area contributed by atoms with E-state index in [1.54, 1.807) is 19.1 Å². The lowest BCUT2D eigenvalue weighted by Crippen LogP contribution is -2.23. The van der Waals surface area contributed by atoms with Crippen LogP contribution in [-0.4, -0.2) is 12.5 Å². The number of benzene rings is 1. The molecule has 1 rings (SSSR count). The van der Waals surface area contributed by atoms with Crippen LogP contribution in [0, 0.1) is 6.92 Å². The molecule has 1 N–H and O–H groups in total. The second-order valence-corrected chi connectivity index (χ2v) is 3.18. The summed E-state index contributed by atoms with van der Waals surface area (Å²) in [6.07, 6.45) is 0. The van der Waals surface area contributed by atoms with Crippen LogP contribution in [-0.2, 0) is 4.84 Å². The molecule has 0 heterocycles. The molecule has 0 bridgehead atoms. The fourth-order valence-corrected chi connectivity index (χ4v) is 1.23. The highest BCUT2D eigenvalue weighted by molar-refractivity contribution is 6.34. The Bertz CT molecular complexity index is 339. The molecular weight excluding hydrogens is 202 g/mol. The number of halogens is 1. The van der Waals surface area contributed by atoms with Crippen LogP contribution in [0.4, 0.5) is 0 Å². The minimum Gasteiger partial charge on any atom is -0.274 e. The molecule has 14 heavy (non-hydrogen) atoms. The summed E-state index contributed by atoms with van der Waals surface area (Å²) in [6.45, 7) is 4.06. The minimum absolute atomic E-state index is 0.319. The van der Waals surface area contributed by atoms with Gasteiger partial charge in [0.15, 0.2) is 0 Å². The first-order valence-electron chi connectivity index (χ1n) is 4.34. The normalized spacial score (nSPS) is 9.93. The van der Waals surface area contributed by atoms with Gasteiger partial charge in [-0.1, -0.05) is 23.7 Å². The molecule has 76 valence electrons. The quantitative estimate of drug-likeness (QED) is 0.783. The Hall–Kier alpha value is -1.06. The fraction of sp³-hybridized carbons (Fsp3) is 0.300. The molecule has 0 atom stereocenters. The number of hydroxylamine groups is 1. The van der Waals surface area contributed by atoms with Crippen molar-refractivity contribution in [3.63, 3.8) is 0 Å². The lowest BCUT2D eigenvalue weighted by molar-refractivity contribution is 0.0364. The third-order valence-corrected chi connectivity index (χ3v) is 2.25. The Morgan fingerprint density at radius 1 is 1.57 bits per heavy atom. The van der Waals surface area contributed by atoms with Crippen LogP contribution in [0.5, 0.6) is 0 Å². The molecule has 0 aliphatic carbocycles. The van der Waals surface area contributed by atoms with Gasteiger partial charge in [-0.2, -0.15) is 0 Å². The number of hydrogen-bond acceptors (Lipinski definition) is 2. The van der Waals surface area contributed by atoms with Crippen LogP contribution in [0.1, 0.15) is 22.8 Å². The van der Waals surface area contributed by atoms with E-state index < -0.39 is 0 Å². The predicted molar refractivity (Wildman–Crippen MR) is 55.3 cm³/mol. The van der Waals surface area contributed by atoms with Crippen LogP contribution < -0.4 is 5.48 Å². The second-order valence-electron chi connectivity index (χ2n) is 2.80. The van der Waals surface area contributed by atoms with E-state index in [0.29, 0.717) is 17.2 Å². The van der Waals surface area contributed by atoms with E-state index in [1.807, 2.05) is 13.0 Å². The first-order valence-corrected chi connectivity index (χ1v) is 4.71. The number of rotatable bonds is 3. The second kappa shape index (κ2) is 4.98. The van der Waals surface area contributed by atoms with Gasteiger partial charge in [-0.3, -0.25) is 9.63 Å². The van der Waals surface area contributed by atoms with Gasteiger partial charge in [-0.25, -0.2) is 5.48 Å². The predicted octanol–water partition coefficient (Wildman–Crippen LogP) is 2.33. The van der Waals surface area contributed by atoms with Crippen LogP contribution in [0.15, 0.2) is 18.2 Å². The van der Waals surface area contributed by atoms with Gasteiger partial charge in [0.05, 0.1) is 17.2 Å². The highest BCUT2D eigenvalue weighted by Crippen LogP contribution is 2.19. The third-order valence-electron chi connectivity index (χ3n) is 1.75. The van der Waals surface area contributed by atoms with Crippen LogP contribution >= 0.6 is 11.6 Å². The van der Waals surface area contributed by atoms with Gasteiger partial charge in [0.2, 0.25) is 0 Å². The van der Waals surface area contributed by atoms with Crippen molar-refractivity contribution in [3.05, 3.63) is 34.3 Å². The molecule has 3 nitrogen and oxygen atoms in total. The molecule has 1 amide bonds. The molecule has 4 heteroatoms. The zero-order chi connectivity index (χ0) is 10.6. The summed E-state index contributed by atoms with van der Waals surface area (Å²) >= 11 is 5.95. The van der Waals surface area contributed by atoms with Gasteiger partial charge in [0.25, 0.3) is 5.91 Å². The van der Waals surface area contributed by atoms with Crippen molar-refractivity contribution in [2.45, 2.75) is 13.8 Å². The Kier molecular flexibility index (Phi) is 3.92. The Balaban J connectivity index is 2.84. The standard InChI is InChI=1S/C10H12ClNO2/c1-3-14-12-10(13)8-6-4-5-7(2)9(8)11/h4-6H,3H2,1-2H3,(H,12,13). The topological polar surface area (TPSA) is 38.3 Å². The SMILES string of the molecule is CCONC(=O)c1cccc(C)c1Cl. The van der Waals surface area contributed by atoms with Gasteiger partial charge in [-0.05, 0) is 25.5 Å². The average molecular weight is 214 g/mol. The van der Waals surface area contributed by atoms with E-state index in [2.05, 4.69) is 5.48 Å². The van der Waals surface area contributed by atoms with Gasteiger partial charge in [0.1, 0.15) is 0 Å². The molecule has 1 aromatic carbocycles. The molecule has 0 aliphatic heterocycles. The average Bonchev–Trinajstić information content (AvgIpc) is 2.18. The Morgan fingerprint density at radius 3 is 2.93 bits per heavy atom. The summed E-state index contributed by atoms with van der Waals surface area (Å²) in [5, 5.41) is 0.463. The molecule has 0 saturated carbocycles.